The Morgan fingerprint density at radius 3 is 2.00 bits per heavy atom. The van der Waals surface area contributed by atoms with E-state index < -0.39 is 33.3 Å². The van der Waals surface area contributed by atoms with E-state index in [4.69, 9.17) is 11.2 Å². The molecule has 8 heteroatoms. The summed E-state index contributed by atoms with van der Waals surface area (Å²) in [5.41, 5.74) is -1.44. The van der Waals surface area contributed by atoms with Gasteiger partial charge < -0.3 is 4.74 Å². The number of nitro groups is 2. The normalized spacial score (nSPS) is 11.5. The molecule has 0 fully saturated rings. The van der Waals surface area contributed by atoms with Gasteiger partial charge in [-0.3, -0.25) is 20.2 Å². The molecule has 0 radical (unpaired) electrons. The number of carbonyl (C=O) groups is 1. The standard InChI is InChI=1S/C13H12N2O6/c1-4-12(8(2)3)21-13(16)9-5-10(14(17)18)7-11(6-9)15(19)20/h1,5-8,12H,2-3H3/t12-/m0/s1. The Balaban J connectivity index is 3.17. The Bertz CT molecular complexity index is 600. The zero-order valence-electron chi connectivity index (χ0n) is 11.3. The number of ether oxygens (including phenoxy) is 1. The van der Waals surface area contributed by atoms with Crippen molar-refractivity contribution < 1.29 is 19.4 Å². The number of non-ortho nitro benzene ring substituents is 2. The highest BCUT2D eigenvalue weighted by atomic mass is 16.6. The molecule has 1 aromatic rings. The number of carbonyl (C=O) groups excluding carboxylic acids is 1. The molecule has 21 heavy (non-hydrogen) atoms. The van der Waals surface area contributed by atoms with Crippen molar-refractivity contribution >= 4 is 17.3 Å². The second-order valence-corrected chi connectivity index (χ2v) is 4.49. The Morgan fingerprint density at radius 1 is 1.19 bits per heavy atom. The third-order valence-electron chi connectivity index (χ3n) is 2.56. The van der Waals surface area contributed by atoms with E-state index in [2.05, 4.69) is 5.92 Å². The molecule has 0 N–H and O–H groups in total. The van der Waals surface area contributed by atoms with Crippen LogP contribution in [0.25, 0.3) is 0 Å². The average Bonchev–Trinajstić information content (AvgIpc) is 2.43. The van der Waals surface area contributed by atoms with E-state index in [1.807, 2.05) is 0 Å². The van der Waals surface area contributed by atoms with Crippen LogP contribution in [0.15, 0.2) is 18.2 Å². The topological polar surface area (TPSA) is 113 Å². The van der Waals surface area contributed by atoms with E-state index in [0.717, 1.165) is 18.2 Å². The number of nitro benzene ring substituents is 2. The third kappa shape index (κ3) is 4.01. The number of benzene rings is 1. The van der Waals surface area contributed by atoms with E-state index in [1.165, 1.54) is 0 Å². The SMILES string of the molecule is C#C[C@H](OC(=O)c1cc([N+](=O)[O-])cc([N+](=O)[O-])c1)C(C)C. The van der Waals surface area contributed by atoms with Crippen LogP contribution in [0.3, 0.4) is 0 Å². The molecule has 0 aromatic heterocycles. The van der Waals surface area contributed by atoms with Gasteiger partial charge in [0.25, 0.3) is 11.4 Å². The first-order chi connectivity index (χ1) is 9.76. The van der Waals surface area contributed by atoms with Crippen LogP contribution in [0.4, 0.5) is 11.4 Å². The van der Waals surface area contributed by atoms with E-state index in [9.17, 15) is 25.0 Å². The first-order valence-corrected chi connectivity index (χ1v) is 5.87. The van der Waals surface area contributed by atoms with Crippen LogP contribution in [0.5, 0.6) is 0 Å². The predicted molar refractivity (Wildman–Crippen MR) is 72.6 cm³/mol. The van der Waals surface area contributed by atoms with Crippen LogP contribution in [0, 0.1) is 38.5 Å². The minimum Gasteiger partial charge on any atom is -0.445 e. The summed E-state index contributed by atoms with van der Waals surface area (Å²) in [7, 11) is 0. The summed E-state index contributed by atoms with van der Waals surface area (Å²) >= 11 is 0. The van der Waals surface area contributed by atoms with Crippen molar-refractivity contribution in [2.75, 3.05) is 0 Å². The van der Waals surface area contributed by atoms with Gasteiger partial charge in [0.15, 0.2) is 6.10 Å². The Morgan fingerprint density at radius 2 is 1.67 bits per heavy atom. The largest absolute Gasteiger partial charge is 0.445 e. The smallest absolute Gasteiger partial charge is 0.339 e. The number of hydrogen-bond acceptors (Lipinski definition) is 6. The predicted octanol–water partition coefficient (Wildman–Crippen LogP) is 2.32. The second-order valence-electron chi connectivity index (χ2n) is 4.49. The maximum absolute atomic E-state index is 11.9. The Kier molecular flexibility index (Phi) is 4.96. The fourth-order valence-corrected chi connectivity index (χ4v) is 1.47. The van der Waals surface area contributed by atoms with Gasteiger partial charge in [-0.25, -0.2) is 4.79 Å². The van der Waals surface area contributed by atoms with E-state index in [-0.39, 0.29) is 11.5 Å². The Labute approximate surface area is 120 Å². The molecular weight excluding hydrogens is 280 g/mol. The molecule has 0 spiro atoms. The summed E-state index contributed by atoms with van der Waals surface area (Å²) in [6.45, 7) is 3.46. The van der Waals surface area contributed by atoms with Gasteiger partial charge in [-0.1, -0.05) is 19.8 Å². The number of nitrogens with zero attached hydrogens (tertiary/aromatic N) is 2. The fourth-order valence-electron chi connectivity index (χ4n) is 1.47. The van der Waals surface area contributed by atoms with Gasteiger partial charge in [0.2, 0.25) is 0 Å². The first kappa shape index (κ1) is 16.1. The summed E-state index contributed by atoms with van der Waals surface area (Å²) < 4.78 is 5.00. The van der Waals surface area contributed by atoms with Crippen molar-refractivity contribution in [2.24, 2.45) is 5.92 Å². The molecule has 0 saturated heterocycles. The molecule has 0 unspecified atom stereocenters. The van der Waals surface area contributed by atoms with Crippen molar-refractivity contribution in [1.29, 1.82) is 0 Å². The van der Waals surface area contributed by atoms with Gasteiger partial charge in [0.1, 0.15) is 0 Å². The molecule has 0 bridgehead atoms. The quantitative estimate of drug-likeness (QED) is 0.356. The van der Waals surface area contributed by atoms with E-state index in [0.29, 0.717) is 0 Å². The van der Waals surface area contributed by atoms with Gasteiger partial charge in [-0.15, -0.1) is 6.42 Å². The summed E-state index contributed by atoms with van der Waals surface area (Å²) in [6.07, 6.45) is 4.39. The van der Waals surface area contributed by atoms with Crippen molar-refractivity contribution in [3.8, 4) is 12.3 Å². The molecule has 8 nitrogen and oxygen atoms in total. The lowest BCUT2D eigenvalue weighted by atomic mass is 10.1. The molecular formula is C13H12N2O6. The zero-order chi connectivity index (χ0) is 16.2. The molecule has 110 valence electrons. The third-order valence-corrected chi connectivity index (χ3v) is 2.56. The van der Waals surface area contributed by atoms with Crippen LogP contribution in [-0.2, 0) is 4.74 Å². The van der Waals surface area contributed by atoms with E-state index >= 15 is 0 Å². The van der Waals surface area contributed by atoms with Gasteiger partial charge in [-0.05, 0) is 0 Å². The van der Waals surface area contributed by atoms with Crippen LogP contribution in [0.1, 0.15) is 24.2 Å². The van der Waals surface area contributed by atoms with Crippen molar-refractivity contribution in [1.82, 2.24) is 0 Å². The lowest BCUT2D eigenvalue weighted by molar-refractivity contribution is -0.394. The highest BCUT2D eigenvalue weighted by Crippen LogP contribution is 2.23. The van der Waals surface area contributed by atoms with Gasteiger partial charge in [0.05, 0.1) is 21.5 Å². The molecule has 1 atom stereocenters. The number of hydrogen-bond donors (Lipinski definition) is 0. The summed E-state index contributed by atoms with van der Waals surface area (Å²) in [5, 5.41) is 21.5. The summed E-state index contributed by atoms with van der Waals surface area (Å²) in [5.74, 6) is 1.16. The van der Waals surface area contributed by atoms with Crippen LogP contribution >= 0.6 is 0 Å². The molecule has 0 saturated carbocycles. The lowest BCUT2D eigenvalue weighted by Crippen LogP contribution is -2.22. The molecule has 0 heterocycles. The molecule has 1 aromatic carbocycles. The first-order valence-electron chi connectivity index (χ1n) is 5.87. The number of terminal acetylenes is 1. The van der Waals surface area contributed by atoms with Crippen molar-refractivity contribution in [3.63, 3.8) is 0 Å². The van der Waals surface area contributed by atoms with Crippen molar-refractivity contribution in [3.05, 3.63) is 44.0 Å². The average molecular weight is 292 g/mol. The molecule has 0 aliphatic rings. The van der Waals surface area contributed by atoms with Crippen LogP contribution in [-0.4, -0.2) is 21.9 Å². The highest BCUT2D eigenvalue weighted by Gasteiger charge is 2.23. The Hall–Kier alpha value is -2.95. The van der Waals surface area contributed by atoms with Gasteiger partial charge in [0, 0.05) is 18.1 Å². The monoisotopic (exact) mass is 292 g/mol. The minimum absolute atomic E-state index is 0.160. The van der Waals surface area contributed by atoms with Crippen LogP contribution in [0.2, 0.25) is 0 Å². The molecule has 1 rings (SSSR count). The number of rotatable bonds is 5. The van der Waals surface area contributed by atoms with Gasteiger partial charge >= 0.3 is 5.97 Å². The maximum Gasteiger partial charge on any atom is 0.339 e. The maximum atomic E-state index is 11.9. The van der Waals surface area contributed by atoms with E-state index in [1.54, 1.807) is 13.8 Å². The minimum atomic E-state index is -0.946. The number of esters is 1. The molecule has 0 aliphatic carbocycles. The van der Waals surface area contributed by atoms with Crippen LogP contribution < -0.4 is 0 Å². The lowest BCUT2D eigenvalue weighted by Gasteiger charge is -2.15. The second kappa shape index (κ2) is 6.47. The van der Waals surface area contributed by atoms with Crippen molar-refractivity contribution in [2.45, 2.75) is 20.0 Å². The zero-order valence-corrected chi connectivity index (χ0v) is 11.3. The summed E-state index contributed by atoms with van der Waals surface area (Å²) in [6, 6.07) is 2.57. The summed E-state index contributed by atoms with van der Waals surface area (Å²) in [4.78, 5) is 31.7. The molecule has 0 amide bonds. The highest BCUT2D eigenvalue weighted by molar-refractivity contribution is 5.91. The molecule has 0 aliphatic heterocycles. The fraction of sp³-hybridized carbons (Fsp3) is 0.308. The van der Waals surface area contributed by atoms with Gasteiger partial charge in [-0.2, -0.15) is 0 Å².